The number of halogens is 1. The summed E-state index contributed by atoms with van der Waals surface area (Å²) < 4.78 is 11.7. The summed E-state index contributed by atoms with van der Waals surface area (Å²) in [6.07, 6.45) is 0. The van der Waals surface area contributed by atoms with Crippen LogP contribution in [-0.4, -0.2) is 10.1 Å². The first-order chi connectivity index (χ1) is 10.2. The number of hydrogen-bond acceptors (Lipinski definition) is 5. The summed E-state index contributed by atoms with van der Waals surface area (Å²) in [5.74, 6) is 1.65. The SMILES string of the molecule is Nc1ccc(OCc2nc(-c3cccc(Br)c3)no2)cc1. The topological polar surface area (TPSA) is 74.2 Å². The van der Waals surface area contributed by atoms with Gasteiger partial charge in [0.15, 0.2) is 6.61 Å². The van der Waals surface area contributed by atoms with E-state index in [0.717, 1.165) is 10.0 Å². The minimum Gasteiger partial charge on any atom is -0.484 e. The number of ether oxygens (including phenoxy) is 1. The van der Waals surface area contributed by atoms with Gasteiger partial charge in [-0.2, -0.15) is 4.98 Å². The van der Waals surface area contributed by atoms with Gasteiger partial charge in [-0.05, 0) is 36.4 Å². The molecule has 1 heterocycles. The second-order valence-electron chi connectivity index (χ2n) is 4.38. The zero-order chi connectivity index (χ0) is 14.7. The van der Waals surface area contributed by atoms with Crippen molar-refractivity contribution < 1.29 is 9.26 Å². The Morgan fingerprint density at radius 3 is 2.71 bits per heavy atom. The lowest BCUT2D eigenvalue weighted by molar-refractivity contribution is 0.243. The van der Waals surface area contributed by atoms with Crippen LogP contribution in [0.1, 0.15) is 5.89 Å². The highest BCUT2D eigenvalue weighted by Crippen LogP contribution is 2.21. The van der Waals surface area contributed by atoms with E-state index in [1.165, 1.54) is 0 Å². The summed E-state index contributed by atoms with van der Waals surface area (Å²) in [6, 6.07) is 14.8. The monoisotopic (exact) mass is 345 g/mol. The van der Waals surface area contributed by atoms with Crippen molar-refractivity contribution in [2.24, 2.45) is 0 Å². The van der Waals surface area contributed by atoms with Crippen LogP contribution >= 0.6 is 15.9 Å². The van der Waals surface area contributed by atoms with E-state index >= 15 is 0 Å². The van der Waals surface area contributed by atoms with Gasteiger partial charge in [-0.3, -0.25) is 0 Å². The summed E-state index contributed by atoms with van der Waals surface area (Å²) >= 11 is 3.41. The zero-order valence-corrected chi connectivity index (χ0v) is 12.6. The van der Waals surface area contributed by atoms with Crippen LogP contribution in [-0.2, 0) is 6.61 Å². The minimum atomic E-state index is 0.213. The Morgan fingerprint density at radius 1 is 1.14 bits per heavy atom. The first kappa shape index (κ1) is 13.6. The van der Waals surface area contributed by atoms with Crippen molar-refractivity contribution in [2.45, 2.75) is 6.61 Å². The van der Waals surface area contributed by atoms with Crippen LogP contribution < -0.4 is 10.5 Å². The second kappa shape index (κ2) is 5.97. The maximum absolute atomic E-state index is 5.61. The molecule has 21 heavy (non-hydrogen) atoms. The van der Waals surface area contributed by atoms with E-state index in [9.17, 15) is 0 Å². The van der Waals surface area contributed by atoms with E-state index in [2.05, 4.69) is 26.1 Å². The molecule has 0 saturated carbocycles. The number of nitrogens with zero attached hydrogens (tertiary/aromatic N) is 2. The van der Waals surface area contributed by atoms with E-state index in [1.54, 1.807) is 24.3 Å². The Labute approximate surface area is 129 Å². The predicted molar refractivity (Wildman–Crippen MR) is 82.6 cm³/mol. The molecule has 5 nitrogen and oxygen atoms in total. The number of rotatable bonds is 4. The molecule has 0 saturated heterocycles. The number of nitrogens with two attached hydrogens (primary N) is 1. The number of benzene rings is 2. The molecular weight excluding hydrogens is 334 g/mol. The van der Waals surface area contributed by atoms with Gasteiger partial charge < -0.3 is 15.0 Å². The number of aromatic nitrogens is 2. The van der Waals surface area contributed by atoms with Gasteiger partial charge in [0.05, 0.1) is 0 Å². The molecular formula is C15H12BrN3O2. The molecule has 0 aliphatic rings. The summed E-state index contributed by atoms with van der Waals surface area (Å²) in [5.41, 5.74) is 7.19. The molecule has 0 radical (unpaired) electrons. The van der Waals surface area contributed by atoms with E-state index in [-0.39, 0.29) is 6.61 Å². The van der Waals surface area contributed by atoms with E-state index < -0.39 is 0 Å². The van der Waals surface area contributed by atoms with Gasteiger partial charge in [0.2, 0.25) is 5.82 Å². The lowest BCUT2D eigenvalue weighted by Crippen LogP contribution is -1.96. The summed E-state index contributed by atoms with van der Waals surface area (Å²) in [6.45, 7) is 0.213. The van der Waals surface area contributed by atoms with Gasteiger partial charge >= 0.3 is 0 Å². The van der Waals surface area contributed by atoms with Crippen LogP contribution in [0.15, 0.2) is 57.5 Å². The lowest BCUT2D eigenvalue weighted by atomic mass is 10.2. The average molecular weight is 346 g/mol. The molecule has 0 atom stereocenters. The van der Waals surface area contributed by atoms with Crippen molar-refractivity contribution in [3.05, 3.63) is 58.9 Å². The average Bonchev–Trinajstić information content (AvgIpc) is 2.96. The third-order valence-electron chi connectivity index (χ3n) is 2.79. The minimum absolute atomic E-state index is 0.213. The van der Waals surface area contributed by atoms with Crippen LogP contribution in [0.2, 0.25) is 0 Å². The highest BCUT2D eigenvalue weighted by Gasteiger charge is 2.09. The molecule has 0 fully saturated rings. The molecule has 0 bridgehead atoms. The third kappa shape index (κ3) is 3.41. The summed E-state index contributed by atoms with van der Waals surface area (Å²) in [4.78, 5) is 4.31. The van der Waals surface area contributed by atoms with Crippen LogP contribution in [0.5, 0.6) is 5.75 Å². The molecule has 0 aliphatic heterocycles. The maximum atomic E-state index is 5.61. The van der Waals surface area contributed by atoms with Crippen molar-refractivity contribution in [3.8, 4) is 17.1 Å². The summed E-state index contributed by atoms with van der Waals surface area (Å²) in [5, 5.41) is 3.95. The smallest absolute Gasteiger partial charge is 0.264 e. The van der Waals surface area contributed by atoms with Crippen molar-refractivity contribution >= 4 is 21.6 Å². The molecule has 0 spiro atoms. The van der Waals surface area contributed by atoms with E-state index in [4.69, 9.17) is 15.0 Å². The van der Waals surface area contributed by atoms with Crippen LogP contribution in [0.3, 0.4) is 0 Å². The van der Waals surface area contributed by atoms with Crippen LogP contribution in [0.4, 0.5) is 5.69 Å². The van der Waals surface area contributed by atoms with Gasteiger partial charge in [0.25, 0.3) is 5.89 Å². The molecule has 0 unspecified atom stereocenters. The standard InChI is InChI=1S/C15H12BrN3O2/c16-11-3-1-2-10(8-11)15-18-14(21-19-15)9-20-13-6-4-12(17)5-7-13/h1-8H,9,17H2. The lowest BCUT2D eigenvalue weighted by Gasteiger charge is -2.02. The first-order valence-electron chi connectivity index (χ1n) is 6.27. The van der Waals surface area contributed by atoms with Crippen molar-refractivity contribution in [1.29, 1.82) is 0 Å². The normalized spacial score (nSPS) is 10.5. The quantitative estimate of drug-likeness (QED) is 0.730. The molecule has 2 aromatic carbocycles. The zero-order valence-electron chi connectivity index (χ0n) is 11.0. The Hall–Kier alpha value is -2.34. The van der Waals surface area contributed by atoms with Crippen LogP contribution in [0.25, 0.3) is 11.4 Å². The molecule has 2 N–H and O–H groups in total. The second-order valence-corrected chi connectivity index (χ2v) is 5.30. The van der Waals surface area contributed by atoms with Gasteiger partial charge in [-0.1, -0.05) is 33.2 Å². The first-order valence-corrected chi connectivity index (χ1v) is 7.07. The predicted octanol–water partition coefficient (Wildman–Crippen LogP) is 3.66. The van der Waals surface area contributed by atoms with Crippen molar-refractivity contribution in [2.75, 3.05) is 5.73 Å². The fraction of sp³-hybridized carbons (Fsp3) is 0.0667. The molecule has 1 aromatic heterocycles. The van der Waals surface area contributed by atoms with Crippen LogP contribution in [0, 0.1) is 0 Å². The Balaban J connectivity index is 1.69. The molecule has 106 valence electrons. The highest BCUT2D eigenvalue weighted by molar-refractivity contribution is 9.10. The molecule has 6 heteroatoms. The Morgan fingerprint density at radius 2 is 1.95 bits per heavy atom. The molecule has 3 aromatic rings. The highest BCUT2D eigenvalue weighted by atomic mass is 79.9. The van der Waals surface area contributed by atoms with E-state index in [1.807, 2.05) is 24.3 Å². The number of nitrogen functional groups attached to an aromatic ring is 1. The molecule has 0 amide bonds. The Kier molecular flexibility index (Phi) is 3.87. The van der Waals surface area contributed by atoms with E-state index in [0.29, 0.717) is 23.2 Å². The summed E-state index contributed by atoms with van der Waals surface area (Å²) in [7, 11) is 0. The van der Waals surface area contributed by atoms with Gasteiger partial charge in [-0.25, -0.2) is 0 Å². The molecule has 0 aliphatic carbocycles. The maximum Gasteiger partial charge on any atom is 0.264 e. The number of anilines is 1. The van der Waals surface area contributed by atoms with Gasteiger partial charge in [0, 0.05) is 15.7 Å². The van der Waals surface area contributed by atoms with Crippen molar-refractivity contribution in [1.82, 2.24) is 10.1 Å². The number of hydrogen-bond donors (Lipinski definition) is 1. The van der Waals surface area contributed by atoms with Crippen molar-refractivity contribution in [3.63, 3.8) is 0 Å². The fourth-order valence-corrected chi connectivity index (χ4v) is 2.17. The third-order valence-corrected chi connectivity index (χ3v) is 3.29. The van der Waals surface area contributed by atoms with Gasteiger partial charge in [-0.15, -0.1) is 0 Å². The molecule has 3 rings (SSSR count). The fourth-order valence-electron chi connectivity index (χ4n) is 1.77. The Bertz CT molecular complexity index is 741. The van der Waals surface area contributed by atoms with Gasteiger partial charge in [0.1, 0.15) is 5.75 Å². The largest absolute Gasteiger partial charge is 0.484 e.